The standard InChI is InChI=1S/C14H22N2O2/c1-9(17)16-4-2-13(3-5-16)15-14(18)12-7-10-6-11(10)8-12/h10-13H,2-8H2,1H3,(H,15,18). The molecule has 0 aromatic rings. The van der Waals surface area contributed by atoms with Crippen molar-refractivity contribution in [3.8, 4) is 0 Å². The molecular weight excluding hydrogens is 228 g/mol. The summed E-state index contributed by atoms with van der Waals surface area (Å²) in [4.78, 5) is 25.2. The lowest BCUT2D eigenvalue weighted by atomic mass is 10.00. The van der Waals surface area contributed by atoms with Gasteiger partial charge in [-0.25, -0.2) is 0 Å². The van der Waals surface area contributed by atoms with Gasteiger partial charge in [0.05, 0.1) is 0 Å². The van der Waals surface area contributed by atoms with Gasteiger partial charge in [0.2, 0.25) is 11.8 Å². The molecule has 1 N–H and O–H groups in total. The summed E-state index contributed by atoms with van der Waals surface area (Å²) in [6.07, 6.45) is 5.40. The molecule has 2 aliphatic carbocycles. The minimum Gasteiger partial charge on any atom is -0.353 e. The van der Waals surface area contributed by atoms with Gasteiger partial charge in [0, 0.05) is 32.0 Å². The van der Waals surface area contributed by atoms with Gasteiger partial charge in [0.25, 0.3) is 0 Å². The van der Waals surface area contributed by atoms with Gasteiger partial charge in [-0.05, 0) is 43.9 Å². The molecule has 3 rings (SSSR count). The Labute approximate surface area is 108 Å². The maximum Gasteiger partial charge on any atom is 0.223 e. The van der Waals surface area contributed by atoms with Gasteiger partial charge < -0.3 is 10.2 Å². The molecule has 1 aliphatic heterocycles. The number of likely N-dealkylation sites (tertiary alicyclic amines) is 1. The second-order valence-corrected chi connectivity index (χ2v) is 6.21. The molecule has 0 bridgehead atoms. The van der Waals surface area contributed by atoms with E-state index in [1.165, 1.54) is 6.42 Å². The van der Waals surface area contributed by atoms with Crippen LogP contribution >= 0.6 is 0 Å². The zero-order chi connectivity index (χ0) is 12.7. The molecule has 2 atom stereocenters. The van der Waals surface area contributed by atoms with Crippen molar-refractivity contribution in [2.24, 2.45) is 17.8 Å². The molecule has 0 aromatic heterocycles. The highest BCUT2D eigenvalue weighted by atomic mass is 16.2. The molecule has 1 saturated heterocycles. The summed E-state index contributed by atoms with van der Waals surface area (Å²) in [6.45, 7) is 3.19. The summed E-state index contributed by atoms with van der Waals surface area (Å²) >= 11 is 0. The zero-order valence-electron chi connectivity index (χ0n) is 11.0. The number of piperidine rings is 1. The predicted octanol–water partition coefficient (Wildman–Crippen LogP) is 1.16. The van der Waals surface area contributed by atoms with E-state index in [4.69, 9.17) is 0 Å². The fraction of sp³-hybridized carbons (Fsp3) is 0.857. The first-order valence-electron chi connectivity index (χ1n) is 7.19. The number of nitrogens with zero attached hydrogens (tertiary/aromatic N) is 1. The maximum atomic E-state index is 12.1. The third-order valence-electron chi connectivity index (χ3n) is 4.90. The molecule has 100 valence electrons. The molecule has 0 spiro atoms. The summed E-state index contributed by atoms with van der Waals surface area (Å²) in [5.41, 5.74) is 0. The molecule has 3 fully saturated rings. The smallest absolute Gasteiger partial charge is 0.223 e. The topological polar surface area (TPSA) is 49.4 Å². The normalized spacial score (nSPS) is 35.2. The molecular formula is C14H22N2O2. The van der Waals surface area contributed by atoms with Crippen molar-refractivity contribution in [1.29, 1.82) is 0 Å². The minimum atomic E-state index is 0.149. The Morgan fingerprint density at radius 1 is 1.06 bits per heavy atom. The number of carbonyl (C=O) groups is 2. The predicted molar refractivity (Wildman–Crippen MR) is 67.7 cm³/mol. The largest absolute Gasteiger partial charge is 0.353 e. The number of amides is 2. The molecule has 3 aliphatic rings. The molecule has 18 heavy (non-hydrogen) atoms. The molecule has 4 heteroatoms. The lowest BCUT2D eigenvalue weighted by Crippen LogP contribution is -2.47. The van der Waals surface area contributed by atoms with Gasteiger partial charge >= 0.3 is 0 Å². The highest BCUT2D eigenvalue weighted by Gasteiger charge is 2.48. The van der Waals surface area contributed by atoms with E-state index < -0.39 is 0 Å². The van der Waals surface area contributed by atoms with E-state index in [9.17, 15) is 9.59 Å². The first-order chi connectivity index (χ1) is 8.63. The van der Waals surface area contributed by atoms with Gasteiger partial charge in [-0.3, -0.25) is 9.59 Å². The van der Waals surface area contributed by atoms with Crippen molar-refractivity contribution in [3.05, 3.63) is 0 Å². The number of carbonyl (C=O) groups excluding carboxylic acids is 2. The van der Waals surface area contributed by atoms with Crippen LogP contribution in [0, 0.1) is 17.8 Å². The highest BCUT2D eigenvalue weighted by molar-refractivity contribution is 5.79. The number of rotatable bonds is 2. The van der Waals surface area contributed by atoms with Gasteiger partial charge in [-0.15, -0.1) is 0 Å². The van der Waals surface area contributed by atoms with Gasteiger partial charge in [0.15, 0.2) is 0 Å². The van der Waals surface area contributed by atoms with E-state index in [0.29, 0.717) is 0 Å². The van der Waals surface area contributed by atoms with E-state index >= 15 is 0 Å². The van der Waals surface area contributed by atoms with E-state index in [-0.39, 0.29) is 23.8 Å². The fourth-order valence-corrected chi connectivity index (χ4v) is 3.59. The van der Waals surface area contributed by atoms with E-state index in [1.54, 1.807) is 6.92 Å². The average Bonchev–Trinajstić information content (AvgIpc) is 2.96. The minimum absolute atomic E-state index is 0.149. The Morgan fingerprint density at radius 3 is 2.22 bits per heavy atom. The zero-order valence-corrected chi connectivity index (χ0v) is 11.0. The summed E-state index contributed by atoms with van der Waals surface area (Å²) in [5, 5.41) is 3.18. The summed E-state index contributed by atoms with van der Waals surface area (Å²) < 4.78 is 0. The van der Waals surface area contributed by atoms with E-state index in [2.05, 4.69) is 5.32 Å². The third kappa shape index (κ3) is 2.38. The lowest BCUT2D eigenvalue weighted by Gasteiger charge is -2.32. The monoisotopic (exact) mass is 250 g/mol. The lowest BCUT2D eigenvalue weighted by molar-refractivity contribution is -0.130. The molecule has 4 nitrogen and oxygen atoms in total. The summed E-state index contributed by atoms with van der Waals surface area (Å²) in [7, 11) is 0. The van der Waals surface area contributed by atoms with Crippen molar-refractivity contribution in [1.82, 2.24) is 10.2 Å². The number of hydrogen-bond donors (Lipinski definition) is 1. The van der Waals surface area contributed by atoms with Gasteiger partial charge in [-0.1, -0.05) is 0 Å². The third-order valence-corrected chi connectivity index (χ3v) is 4.90. The quantitative estimate of drug-likeness (QED) is 0.799. The number of fused-ring (bicyclic) bond motifs is 1. The van der Waals surface area contributed by atoms with Crippen LogP contribution < -0.4 is 5.32 Å². The first kappa shape index (κ1) is 12.0. The van der Waals surface area contributed by atoms with Crippen LogP contribution in [-0.2, 0) is 9.59 Å². The van der Waals surface area contributed by atoms with Crippen LogP contribution in [0.25, 0.3) is 0 Å². The molecule has 0 aromatic carbocycles. The highest BCUT2D eigenvalue weighted by Crippen LogP contribution is 2.54. The SMILES string of the molecule is CC(=O)N1CCC(NC(=O)C2CC3CC3C2)CC1. The van der Waals surface area contributed by atoms with Gasteiger partial charge in [-0.2, -0.15) is 0 Å². The van der Waals surface area contributed by atoms with E-state index in [0.717, 1.165) is 50.6 Å². The van der Waals surface area contributed by atoms with Crippen LogP contribution in [0.15, 0.2) is 0 Å². The number of hydrogen-bond acceptors (Lipinski definition) is 2. The van der Waals surface area contributed by atoms with Crippen molar-refractivity contribution in [3.63, 3.8) is 0 Å². The van der Waals surface area contributed by atoms with Gasteiger partial charge in [0.1, 0.15) is 0 Å². The first-order valence-corrected chi connectivity index (χ1v) is 7.19. The van der Waals surface area contributed by atoms with Crippen LogP contribution in [0.1, 0.15) is 39.0 Å². The van der Waals surface area contributed by atoms with Crippen molar-refractivity contribution in [2.75, 3.05) is 13.1 Å². The second-order valence-electron chi connectivity index (χ2n) is 6.21. The van der Waals surface area contributed by atoms with Crippen LogP contribution in [0.3, 0.4) is 0 Å². The van der Waals surface area contributed by atoms with E-state index in [1.807, 2.05) is 4.90 Å². The van der Waals surface area contributed by atoms with Crippen molar-refractivity contribution in [2.45, 2.75) is 45.1 Å². The summed E-state index contributed by atoms with van der Waals surface area (Å²) in [5.74, 6) is 2.42. The Balaban J connectivity index is 1.43. The Morgan fingerprint density at radius 2 is 1.67 bits per heavy atom. The average molecular weight is 250 g/mol. The van der Waals surface area contributed by atoms with Crippen molar-refractivity contribution >= 4 is 11.8 Å². The fourth-order valence-electron chi connectivity index (χ4n) is 3.59. The molecule has 0 radical (unpaired) electrons. The Kier molecular flexibility index (Phi) is 3.04. The van der Waals surface area contributed by atoms with Crippen LogP contribution in [0.2, 0.25) is 0 Å². The Bertz CT molecular complexity index is 351. The summed E-state index contributed by atoms with van der Waals surface area (Å²) in [6, 6.07) is 0.282. The maximum absolute atomic E-state index is 12.1. The van der Waals surface area contributed by atoms with Crippen LogP contribution in [0.4, 0.5) is 0 Å². The number of nitrogens with one attached hydrogen (secondary N) is 1. The molecule has 1 heterocycles. The van der Waals surface area contributed by atoms with Crippen molar-refractivity contribution < 1.29 is 9.59 Å². The molecule has 2 saturated carbocycles. The second kappa shape index (κ2) is 4.56. The molecule has 2 unspecified atom stereocenters. The molecule has 2 amide bonds. The van der Waals surface area contributed by atoms with Crippen LogP contribution in [0.5, 0.6) is 0 Å². The van der Waals surface area contributed by atoms with Crippen LogP contribution in [-0.4, -0.2) is 35.8 Å². The Hall–Kier alpha value is -1.06.